The maximum atomic E-state index is 9.24. The van der Waals surface area contributed by atoms with Gasteiger partial charge in [-0.25, -0.2) is 0 Å². The molecule has 2 rings (SSSR count). The summed E-state index contributed by atoms with van der Waals surface area (Å²) in [5.41, 5.74) is 8.68. The van der Waals surface area contributed by atoms with Gasteiger partial charge in [0.1, 0.15) is 5.76 Å². The number of aliphatic hydroxyl groups is 1. The molecular weight excluding hydrogens is 212 g/mol. The monoisotopic (exact) mass is 228 g/mol. The standard InChI is InChI=1S/C14H16N2O/c1-11(17)13-6-4-12(5-7-13)10-16-8-2-3-14(16)9-15/h2-8,17H,1,9-10,15H2. The lowest BCUT2D eigenvalue weighted by Gasteiger charge is -2.08. The second kappa shape index (κ2) is 4.89. The Morgan fingerprint density at radius 1 is 1.24 bits per heavy atom. The SMILES string of the molecule is C=C(O)c1ccc(Cn2cccc2CN)cc1. The average Bonchev–Trinajstić information content (AvgIpc) is 2.77. The number of aromatic nitrogens is 1. The summed E-state index contributed by atoms with van der Waals surface area (Å²) in [5.74, 6) is 0.0974. The molecule has 1 aromatic carbocycles. The van der Waals surface area contributed by atoms with Gasteiger partial charge in [0.2, 0.25) is 0 Å². The third-order valence-electron chi connectivity index (χ3n) is 2.77. The third-order valence-corrected chi connectivity index (χ3v) is 2.77. The van der Waals surface area contributed by atoms with Gasteiger partial charge < -0.3 is 15.4 Å². The van der Waals surface area contributed by atoms with Gasteiger partial charge in [-0.1, -0.05) is 30.8 Å². The van der Waals surface area contributed by atoms with Crippen LogP contribution in [0.5, 0.6) is 0 Å². The molecule has 17 heavy (non-hydrogen) atoms. The molecule has 2 aromatic rings. The van der Waals surface area contributed by atoms with E-state index in [0.29, 0.717) is 6.54 Å². The van der Waals surface area contributed by atoms with Gasteiger partial charge in [0.25, 0.3) is 0 Å². The quantitative estimate of drug-likeness (QED) is 0.790. The summed E-state index contributed by atoms with van der Waals surface area (Å²) in [7, 11) is 0. The van der Waals surface area contributed by atoms with Crippen LogP contribution in [0.25, 0.3) is 5.76 Å². The van der Waals surface area contributed by atoms with Gasteiger partial charge in [-0.2, -0.15) is 0 Å². The molecule has 0 saturated carbocycles. The molecule has 88 valence electrons. The number of rotatable bonds is 4. The van der Waals surface area contributed by atoms with Crippen LogP contribution in [-0.2, 0) is 13.1 Å². The van der Waals surface area contributed by atoms with Crippen LogP contribution in [0, 0.1) is 0 Å². The van der Waals surface area contributed by atoms with Crippen LogP contribution in [0.3, 0.4) is 0 Å². The van der Waals surface area contributed by atoms with Crippen LogP contribution in [0.4, 0.5) is 0 Å². The Balaban J connectivity index is 2.16. The van der Waals surface area contributed by atoms with Crippen molar-refractivity contribution in [3.63, 3.8) is 0 Å². The molecule has 0 unspecified atom stereocenters. The Morgan fingerprint density at radius 2 is 1.94 bits per heavy atom. The molecule has 3 heteroatoms. The number of benzene rings is 1. The van der Waals surface area contributed by atoms with Crippen LogP contribution in [0.2, 0.25) is 0 Å². The normalized spacial score (nSPS) is 10.4. The molecule has 0 radical (unpaired) electrons. The first kappa shape index (κ1) is 11.5. The van der Waals surface area contributed by atoms with Crippen LogP contribution < -0.4 is 5.73 Å². The van der Waals surface area contributed by atoms with E-state index in [9.17, 15) is 5.11 Å². The summed E-state index contributed by atoms with van der Waals surface area (Å²) in [6.45, 7) is 4.82. The van der Waals surface area contributed by atoms with Crippen molar-refractivity contribution in [2.45, 2.75) is 13.1 Å². The van der Waals surface area contributed by atoms with E-state index in [1.165, 1.54) is 5.56 Å². The molecule has 1 aromatic heterocycles. The summed E-state index contributed by atoms with van der Waals surface area (Å²) >= 11 is 0. The summed E-state index contributed by atoms with van der Waals surface area (Å²) < 4.78 is 2.11. The van der Waals surface area contributed by atoms with Crippen molar-refractivity contribution in [2.75, 3.05) is 0 Å². The molecule has 0 aliphatic heterocycles. The molecule has 0 saturated heterocycles. The van der Waals surface area contributed by atoms with Crippen molar-refractivity contribution in [3.8, 4) is 0 Å². The van der Waals surface area contributed by atoms with Crippen LogP contribution in [-0.4, -0.2) is 9.67 Å². The van der Waals surface area contributed by atoms with E-state index in [1.54, 1.807) is 0 Å². The molecule has 0 spiro atoms. The van der Waals surface area contributed by atoms with Crippen molar-refractivity contribution >= 4 is 5.76 Å². The number of hydrogen-bond donors (Lipinski definition) is 2. The first-order valence-corrected chi connectivity index (χ1v) is 5.52. The Hall–Kier alpha value is -2.00. The van der Waals surface area contributed by atoms with E-state index in [-0.39, 0.29) is 5.76 Å². The highest BCUT2D eigenvalue weighted by molar-refractivity contribution is 5.55. The predicted octanol–water partition coefficient (Wildman–Crippen LogP) is 2.52. The van der Waals surface area contributed by atoms with Gasteiger partial charge in [-0.05, 0) is 17.7 Å². The zero-order valence-electron chi connectivity index (χ0n) is 9.63. The second-order valence-corrected chi connectivity index (χ2v) is 3.98. The molecule has 0 bridgehead atoms. The first-order valence-electron chi connectivity index (χ1n) is 5.52. The van der Waals surface area contributed by atoms with Gasteiger partial charge in [0, 0.05) is 30.5 Å². The van der Waals surface area contributed by atoms with E-state index in [2.05, 4.69) is 11.1 Å². The van der Waals surface area contributed by atoms with Gasteiger partial charge in [-0.15, -0.1) is 0 Å². The lowest BCUT2D eigenvalue weighted by atomic mass is 10.1. The minimum absolute atomic E-state index is 0.0974. The second-order valence-electron chi connectivity index (χ2n) is 3.98. The van der Waals surface area contributed by atoms with Gasteiger partial charge in [-0.3, -0.25) is 0 Å². The Bertz CT molecular complexity index is 511. The molecule has 0 amide bonds. The smallest absolute Gasteiger partial charge is 0.115 e. The van der Waals surface area contributed by atoms with Crippen molar-refractivity contribution in [2.24, 2.45) is 5.73 Å². The van der Waals surface area contributed by atoms with Crippen molar-refractivity contribution in [1.29, 1.82) is 0 Å². The molecule has 3 nitrogen and oxygen atoms in total. The number of nitrogens with zero attached hydrogens (tertiary/aromatic N) is 1. The summed E-state index contributed by atoms with van der Waals surface area (Å²) in [6, 6.07) is 11.7. The van der Waals surface area contributed by atoms with Gasteiger partial charge in [0.05, 0.1) is 0 Å². The van der Waals surface area contributed by atoms with Crippen LogP contribution in [0.15, 0.2) is 49.2 Å². The lowest BCUT2D eigenvalue weighted by Crippen LogP contribution is -2.07. The summed E-state index contributed by atoms with van der Waals surface area (Å²) in [6.07, 6.45) is 2.01. The molecule has 3 N–H and O–H groups in total. The van der Waals surface area contributed by atoms with Crippen molar-refractivity contribution < 1.29 is 5.11 Å². The molecular formula is C14H16N2O. The Kier molecular flexibility index (Phi) is 3.30. The number of hydrogen-bond acceptors (Lipinski definition) is 2. The summed E-state index contributed by atoms with van der Waals surface area (Å²) in [4.78, 5) is 0. The number of aliphatic hydroxyl groups excluding tert-OH is 1. The Morgan fingerprint density at radius 3 is 2.53 bits per heavy atom. The largest absolute Gasteiger partial charge is 0.508 e. The highest BCUT2D eigenvalue weighted by Gasteiger charge is 2.01. The van der Waals surface area contributed by atoms with E-state index >= 15 is 0 Å². The third kappa shape index (κ3) is 2.57. The fraction of sp³-hybridized carbons (Fsp3) is 0.143. The lowest BCUT2D eigenvalue weighted by molar-refractivity contribution is 0.514. The van der Waals surface area contributed by atoms with E-state index in [0.717, 1.165) is 17.8 Å². The molecule has 0 aliphatic carbocycles. The van der Waals surface area contributed by atoms with Crippen molar-refractivity contribution in [3.05, 3.63) is 66.0 Å². The number of nitrogens with two attached hydrogens (primary N) is 1. The maximum absolute atomic E-state index is 9.24. The van der Waals surface area contributed by atoms with E-state index in [4.69, 9.17) is 5.73 Å². The van der Waals surface area contributed by atoms with Crippen molar-refractivity contribution in [1.82, 2.24) is 4.57 Å². The van der Waals surface area contributed by atoms with Gasteiger partial charge >= 0.3 is 0 Å². The van der Waals surface area contributed by atoms with Gasteiger partial charge in [0.15, 0.2) is 0 Å². The topological polar surface area (TPSA) is 51.2 Å². The minimum atomic E-state index is 0.0974. The fourth-order valence-corrected chi connectivity index (χ4v) is 1.79. The molecule has 0 atom stereocenters. The maximum Gasteiger partial charge on any atom is 0.115 e. The van der Waals surface area contributed by atoms with Crippen LogP contribution in [0.1, 0.15) is 16.8 Å². The predicted molar refractivity (Wildman–Crippen MR) is 69.5 cm³/mol. The van der Waals surface area contributed by atoms with E-state index < -0.39 is 0 Å². The summed E-state index contributed by atoms with van der Waals surface area (Å²) in [5, 5.41) is 9.24. The zero-order chi connectivity index (χ0) is 12.3. The molecule has 0 aliphatic rings. The first-order chi connectivity index (χ1) is 8.20. The fourth-order valence-electron chi connectivity index (χ4n) is 1.79. The Labute approximate surface area is 101 Å². The highest BCUT2D eigenvalue weighted by atomic mass is 16.3. The van der Waals surface area contributed by atoms with E-state index in [1.807, 2.05) is 42.6 Å². The average molecular weight is 228 g/mol. The van der Waals surface area contributed by atoms with Crippen LogP contribution >= 0.6 is 0 Å². The molecule has 1 heterocycles. The minimum Gasteiger partial charge on any atom is -0.508 e. The highest BCUT2D eigenvalue weighted by Crippen LogP contribution is 2.12. The molecule has 0 fully saturated rings. The zero-order valence-corrected chi connectivity index (χ0v) is 9.63.